The van der Waals surface area contributed by atoms with Crippen molar-refractivity contribution in [1.82, 2.24) is 5.32 Å². The van der Waals surface area contributed by atoms with E-state index >= 15 is 0 Å². The molecule has 0 radical (unpaired) electrons. The minimum Gasteiger partial charge on any atom is -0.457 e. The van der Waals surface area contributed by atoms with Crippen LogP contribution in [0, 0.1) is 5.82 Å². The van der Waals surface area contributed by atoms with E-state index in [1.165, 1.54) is 12.1 Å². The van der Waals surface area contributed by atoms with Gasteiger partial charge in [-0.15, -0.1) is 0 Å². The lowest BCUT2D eigenvalue weighted by Crippen LogP contribution is -2.13. The molecule has 0 unspecified atom stereocenters. The van der Waals surface area contributed by atoms with Gasteiger partial charge in [-0.1, -0.05) is 25.1 Å². The van der Waals surface area contributed by atoms with E-state index in [1.54, 1.807) is 0 Å². The Balaban J connectivity index is 2.08. The Labute approximate surface area is 113 Å². The smallest absolute Gasteiger partial charge is 0.130 e. The van der Waals surface area contributed by atoms with Crippen LogP contribution in [0.3, 0.4) is 0 Å². The van der Waals surface area contributed by atoms with Crippen LogP contribution in [0.15, 0.2) is 48.5 Å². The number of hydrogen-bond donors (Lipinski definition) is 1. The Morgan fingerprint density at radius 3 is 2.58 bits per heavy atom. The third-order valence-corrected chi connectivity index (χ3v) is 2.67. The molecule has 0 fully saturated rings. The van der Waals surface area contributed by atoms with Crippen molar-refractivity contribution < 1.29 is 9.13 Å². The van der Waals surface area contributed by atoms with Gasteiger partial charge in [0.25, 0.3) is 0 Å². The van der Waals surface area contributed by atoms with Gasteiger partial charge in [0.1, 0.15) is 17.3 Å². The van der Waals surface area contributed by atoms with Crippen molar-refractivity contribution >= 4 is 0 Å². The number of hydrogen-bond acceptors (Lipinski definition) is 2. The van der Waals surface area contributed by atoms with Crippen molar-refractivity contribution in [2.45, 2.75) is 19.9 Å². The zero-order valence-corrected chi connectivity index (χ0v) is 11.0. The molecule has 2 nitrogen and oxygen atoms in total. The number of halogens is 1. The summed E-state index contributed by atoms with van der Waals surface area (Å²) in [6.45, 7) is 3.67. The van der Waals surface area contributed by atoms with Gasteiger partial charge in [0, 0.05) is 12.6 Å². The van der Waals surface area contributed by atoms with Gasteiger partial charge in [0.2, 0.25) is 0 Å². The Kier molecular flexibility index (Phi) is 4.93. The SMILES string of the molecule is CCCNCc1cc(F)cc(Oc2ccccc2)c1. The van der Waals surface area contributed by atoms with Gasteiger partial charge in [-0.25, -0.2) is 4.39 Å². The minimum atomic E-state index is -0.276. The van der Waals surface area contributed by atoms with Crippen LogP contribution >= 0.6 is 0 Å². The molecule has 0 aliphatic carbocycles. The fraction of sp³-hybridized carbons (Fsp3) is 0.250. The minimum absolute atomic E-state index is 0.276. The Bertz CT molecular complexity index is 513. The summed E-state index contributed by atoms with van der Waals surface area (Å²) in [4.78, 5) is 0. The molecule has 19 heavy (non-hydrogen) atoms. The first-order chi connectivity index (χ1) is 9.28. The van der Waals surface area contributed by atoms with E-state index in [-0.39, 0.29) is 5.82 Å². The van der Waals surface area contributed by atoms with Crippen molar-refractivity contribution in [1.29, 1.82) is 0 Å². The Hall–Kier alpha value is -1.87. The third-order valence-electron chi connectivity index (χ3n) is 2.67. The number of nitrogens with one attached hydrogen (secondary N) is 1. The molecule has 2 aromatic rings. The summed E-state index contributed by atoms with van der Waals surface area (Å²) in [5, 5.41) is 3.25. The average Bonchev–Trinajstić information content (AvgIpc) is 2.39. The van der Waals surface area contributed by atoms with Gasteiger partial charge in [0.15, 0.2) is 0 Å². The fourth-order valence-corrected chi connectivity index (χ4v) is 1.82. The van der Waals surface area contributed by atoms with Gasteiger partial charge >= 0.3 is 0 Å². The second kappa shape index (κ2) is 6.90. The van der Waals surface area contributed by atoms with Gasteiger partial charge in [-0.2, -0.15) is 0 Å². The maximum Gasteiger partial charge on any atom is 0.130 e. The van der Waals surface area contributed by atoms with E-state index < -0.39 is 0 Å². The van der Waals surface area contributed by atoms with E-state index in [4.69, 9.17) is 4.74 Å². The summed E-state index contributed by atoms with van der Waals surface area (Å²) < 4.78 is 19.2. The molecule has 1 N–H and O–H groups in total. The van der Waals surface area contributed by atoms with Crippen LogP contribution in [0.1, 0.15) is 18.9 Å². The van der Waals surface area contributed by atoms with Crippen LogP contribution in [0.5, 0.6) is 11.5 Å². The highest BCUT2D eigenvalue weighted by Gasteiger charge is 2.03. The first kappa shape index (κ1) is 13.6. The molecule has 100 valence electrons. The first-order valence-electron chi connectivity index (χ1n) is 6.51. The van der Waals surface area contributed by atoms with Crippen molar-refractivity contribution in [3.63, 3.8) is 0 Å². The summed E-state index contributed by atoms with van der Waals surface area (Å²) in [5.41, 5.74) is 0.888. The molecule has 0 aromatic heterocycles. The maximum absolute atomic E-state index is 13.5. The lowest BCUT2D eigenvalue weighted by Gasteiger charge is -2.09. The van der Waals surface area contributed by atoms with Crippen LogP contribution in [0.2, 0.25) is 0 Å². The molecule has 0 aliphatic heterocycles. The van der Waals surface area contributed by atoms with Gasteiger partial charge in [-0.05, 0) is 42.8 Å². The number of benzene rings is 2. The van der Waals surface area contributed by atoms with Gasteiger partial charge in [-0.3, -0.25) is 0 Å². The van der Waals surface area contributed by atoms with Crippen LogP contribution in [0.4, 0.5) is 4.39 Å². The Morgan fingerprint density at radius 2 is 1.84 bits per heavy atom. The molecule has 0 amide bonds. The van der Waals surface area contributed by atoms with Crippen LogP contribution < -0.4 is 10.1 Å². The molecule has 0 saturated carbocycles. The van der Waals surface area contributed by atoms with Crippen molar-refractivity contribution in [3.05, 3.63) is 59.9 Å². The van der Waals surface area contributed by atoms with Crippen molar-refractivity contribution in [3.8, 4) is 11.5 Å². The predicted molar refractivity (Wildman–Crippen MR) is 74.9 cm³/mol. The predicted octanol–water partition coefficient (Wildman–Crippen LogP) is 4.12. The highest BCUT2D eigenvalue weighted by Crippen LogP contribution is 2.23. The Morgan fingerprint density at radius 1 is 1.05 bits per heavy atom. The van der Waals surface area contributed by atoms with Crippen LogP contribution in [0.25, 0.3) is 0 Å². The van der Waals surface area contributed by atoms with E-state index in [0.717, 1.165) is 18.5 Å². The summed E-state index contributed by atoms with van der Waals surface area (Å²) >= 11 is 0. The van der Waals surface area contributed by atoms with Gasteiger partial charge in [0.05, 0.1) is 0 Å². The number of para-hydroxylation sites is 1. The third kappa shape index (κ3) is 4.38. The number of ether oxygens (including phenoxy) is 1. The van der Waals surface area contributed by atoms with Crippen LogP contribution in [-0.4, -0.2) is 6.54 Å². The van der Waals surface area contributed by atoms with Crippen LogP contribution in [-0.2, 0) is 6.54 Å². The van der Waals surface area contributed by atoms with E-state index in [1.807, 2.05) is 36.4 Å². The molecule has 2 aromatic carbocycles. The molecule has 0 aliphatic rings. The molecule has 2 rings (SSSR count). The highest BCUT2D eigenvalue weighted by atomic mass is 19.1. The quantitative estimate of drug-likeness (QED) is 0.788. The van der Waals surface area contributed by atoms with E-state index in [2.05, 4.69) is 12.2 Å². The summed E-state index contributed by atoms with van der Waals surface area (Å²) in [6, 6.07) is 14.2. The monoisotopic (exact) mass is 259 g/mol. The summed E-state index contributed by atoms with van der Waals surface area (Å²) in [5.74, 6) is 0.960. The molecule has 0 atom stereocenters. The highest BCUT2D eigenvalue weighted by molar-refractivity contribution is 5.34. The molecule has 0 saturated heterocycles. The standard InChI is InChI=1S/C16H18FNO/c1-2-8-18-12-13-9-14(17)11-16(10-13)19-15-6-4-3-5-7-15/h3-7,9-11,18H,2,8,12H2,1H3. The van der Waals surface area contributed by atoms with Crippen molar-refractivity contribution in [2.75, 3.05) is 6.54 Å². The normalized spacial score (nSPS) is 10.4. The lowest BCUT2D eigenvalue weighted by molar-refractivity contribution is 0.475. The second-order valence-corrected chi connectivity index (χ2v) is 4.39. The molecular weight excluding hydrogens is 241 g/mol. The fourth-order valence-electron chi connectivity index (χ4n) is 1.82. The van der Waals surface area contributed by atoms with Gasteiger partial charge < -0.3 is 10.1 Å². The lowest BCUT2D eigenvalue weighted by atomic mass is 10.2. The average molecular weight is 259 g/mol. The van der Waals surface area contributed by atoms with E-state index in [9.17, 15) is 4.39 Å². The molecule has 3 heteroatoms. The summed E-state index contributed by atoms with van der Waals surface area (Å²) in [6.07, 6.45) is 1.06. The molecule has 0 heterocycles. The zero-order valence-electron chi connectivity index (χ0n) is 11.0. The molecule has 0 spiro atoms. The number of rotatable bonds is 6. The zero-order chi connectivity index (χ0) is 13.5. The first-order valence-corrected chi connectivity index (χ1v) is 6.51. The maximum atomic E-state index is 13.5. The molecular formula is C16H18FNO. The largest absolute Gasteiger partial charge is 0.457 e. The molecule has 0 bridgehead atoms. The van der Waals surface area contributed by atoms with Crippen molar-refractivity contribution in [2.24, 2.45) is 0 Å². The second-order valence-electron chi connectivity index (χ2n) is 4.39. The summed E-state index contributed by atoms with van der Waals surface area (Å²) in [7, 11) is 0. The van der Waals surface area contributed by atoms with E-state index in [0.29, 0.717) is 18.0 Å². The topological polar surface area (TPSA) is 21.3 Å².